The first-order chi connectivity index (χ1) is 10.9. The number of carbonyl (C=O) groups is 1. The maximum atomic E-state index is 12.0. The number of nitrogens with one attached hydrogen (secondary N) is 1. The zero-order valence-electron chi connectivity index (χ0n) is 13.6. The van der Waals surface area contributed by atoms with Crippen LogP contribution in [0.1, 0.15) is 32.9 Å². The van der Waals surface area contributed by atoms with Crippen LogP contribution in [0.25, 0.3) is 0 Å². The minimum Gasteiger partial charge on any atom is -0.463 e. The van der Waals surface area contributed by atoms with E-state index in [1.165, 1.54) is 4.57 Å². The molecule has 2 rings (SSSR count). The van der Waals surface area contributed by atoms with Crippen molar-refractivity contribution in [2.24, 2.45) is 5.92 Å². The number of aliphatic hydroxyl groups excluding tert-OH is 1. The van der Waals surface area contributed by atoms with Crippen LogP contribution in [-0.2, 0) is 14.3 Å². The number of aromatic nitrogens is 2. The van der Waals surface area contributed by atoms with Crippen molar-refractivity contribution < 1.29 is 19.4 Å². The molecule has 8 nitrogen and oxygen atoms in total. The van der Waals surface area contributed by atoms with E-state index in [-0.39, 0.29) is 24.9 Å². The van der Waals surface area contributed by atoms with E-state index < -0.39 is 24.1 Å². The van der Waals surface area contributed by atoms with Crippen LogP contribution in [0.5, 0.6) is 0 Å². The summed E-state index contributed by atoms with van der Waals surface area (Å²) in [6.45, 7) is 3.82. The fourth-order valence-electron chi connectivity index (χ4n) is 2.37. The van der Waals surface area contributed by atoms with Gasteiger partial charge in [-0.1, -0.05) is 13.8 Å². The predicted molar refractivity (Wildman–Crippen MR) is 83.0 cm³/mol. The highest BCUT2D eigenvalue weighted by Crippen LogP contribution is 2.28. The molecule has 8 heteroatoms. The van der Waals surface area contributed by atoms with Gasteiger partial charge in [-0.2, -0.15) is 4.98 Å². The van der Waals surface area contributed by atoms with Crippen molar-refractivity contribution in [1.82, 2.24) is 9.55 Å². The Hall–Kier alpha value is -1.93. The fourth-order valence-corrected chi connectivity index (χ4v) is 2.37. The quantitative estimate of drug-likeness (QED) is 0.735. The second-order valence-electron chi connectivity index (χ2n) is 5.97. The molecule has 0 saturated carbocycles. The van der Waals surface area contributed by atoms with E-state index in [2.05, 4.69) is 10.3 Å². The molecule has 1 fully saturated rings. The molecule has 128 valence electrons. The first-order valence-corrected chi connectivity index (χ1v) is 7.66. The Bertz CT molecular complexity index is 601. The lowest BCUT2D eigenvalue weighted by molar-refractivity contribution is -0.151. The minimum absolute atomic E-state index is 0.0278. The van der Waals surface area contributed by atoms with Gasteiger partial charge in [0.15, 0.2) is 0 Å². The monoisotopic (exact) mass is 325 g/mol. The van der Waals surface area contributed by atoms with Gasteiger partial charge >= 0.3 is 11.7 Å². The molecule has 2 N–H and O–H groups in total. The van der Waals surface area contributed by atoms with Crippen LogP contribution in [0.4, 0.5) is 5.82 Å². The highest BCUT2D eigenvalue weighted by molar-refractivity contribution is 5.69. The lowest BCUT2D eigenvalue weighted by Gasteiger charge is -2.16. The molecule has 0 amide bonds. The van der Waals surface area contributed by atoms with E-state index in [0.717, 1.165) is 0 Å². The minimum atomic E-state index is -0.803. The zero-order valence-corrected chi connectivity index (χ0v) is 13.6. The molecule has 1 aromatic heterocycles. The molecule has 0 aliphatic carbocycles. The second-order valence-corrected chi connectivity index (χ2v) is 5.97. The van der Waals surface area contributed by atoms with Crippen LogP contribution in [0.3, 0.4) is 0 Å². The molecule has 1 aliphatic rings. The molecule has 2 heterocycles. The van der Waals surface area contributed by atoms with Crippen molar-refractivity contribution in [3.63, 3.8) is 0 Å². The molecule has 0 bridgehead atoms. The number of ether oxygens (including phenoxy) is 2. The van der Waals surface area contributed by atoms with E-state index in [0.29, 0.717) is 12.2 Å². The van der Waals surface area contributed by atoms with Crippen LogP contribution >= 0.6 is 0 Å². The number of anilines is 1. The molecule has 0 spiro atoms. The van der Waals surface area contributed by atoms with Gasteiger partial charge < -0.3 is 19.9 Å². The molecule has 1 aliphatic heterocycles. The van der Waals surface area contributed by atoms with E-state index >= 15 is 0 Å². The lowest BCUT2D eigenvalue weighted by Crippen LogP contribution is -2.29. The lowest BCUT2D eigenvalue weighted by atomic mass is 10.1. The van der Waals surface area contributed by atoms with Crippen molar-refractivity contribution in [3.8, 4) is 0 Å². The van der Waals surface area contributed by atoms with Crippen LogP contribution in [-0.4, -0.2) is 46.5 Å². The van der Waals surface area contributed by atoms with Gasteiger partial charge in [0.1, 0.15) is 24.8 Å². The number of hydrogen-bond donors (Lipinski definition) is 2. The summed E-state index contributed by atoms with van der Waals surface area (Å²) in [5.41, 5.74) is -0.466. The Morgan fingerprint density at radius 1 is 1.61 bits per heavy atom. The molecule has 1 saturated heterocycles. The van der Waals surface area contributed by atoms with Gasteiger partial charge in [-0.05, 0) is 12.0 Å². The van der Waals surface area contributed by atoms with Crippen LogP contribution < -0.4 is 11.0 Å². The number of carbonyl (C=O) groups excluding carboxylic acids is 1. The number of nitrogens with zero attached hydrogens (tertiary/aromatic N) is 2. The largest absolute Gasteiger partial charge is 0.463 e. The highest BCUT2D eigenvalue weighted by Gasteiger charge is 2.36. The first-order valence-electron chi connectivity index (χ1n) is 7.66. The summed E-state index contributed by atoms with van der Waals surface area (Å²) in [7, 11) is 1.67. The van der Waals surface area contributed by atoms with Crippen LogP contribution in [0.2, 0.25) is 0 Å². The predicted octanol–water partition coefficient (Wildman–Crippen LogP) is 0.523. The summed E-state index contributed by atoms with van der Waals surface area (Å²) >= 11 is 0. The van der Waals surface area contributed by atoms with Crippen molar-refractivity contribution in [2.45, 2.75) is 45.1 Å². The van der Waals surface area contributed by atoms with Gasteiger partial charge in [0.2, 0.25) is 0 Å². The van der Waals surface area contributed by atoms with Crippen molar-refractivity contribution in [3.05, 3.63) is 22.7 Å². The Balaban J connectivity index is 1.96. The molecule has 0 radical (unpaired) electrons. The average Bonchev–Trinajstić information content (AvgIpc) is 2.85. The normalized spacial score (nSPS) is 24.0. The molecule has 3 atom stereocenters. The summed E-state index contributed by atoms with van der Waals surface area (Å²) in [5, 5.41) is 12.8. The maximum Gasteiger partial charge on any atom is 0.351 e. The summed E-state index contributed by atoms with van der Waals surface area (Å²) < 4.78 is 12.1. The smallest absolute Gasteiger partial charge is 0.351 e. The number of hydrogen-bond acceptors (Lipinski definition) is 7. The maximum absolute atomic E-state index is 12.0. The van der Waals surface area contributed by atoms with Crippen molar-refractivity contribution in [1.29, 1.82) is 0 Å². The SMILES string of the molecule is CNc1ccn(C2CC(O)C(COC(=O)CC(C)C)O2)c(=O)n1. The van der Waals surface area contributed by atoms with E-state index in [4.69, 9.17) is 9.47 Å². The Kier molecular flexibility index (Phi) is 5.73. The van der Waals surface area contributed by atoms with Gasteiger partial charge in [-0.25, -0.2) is 4.79 Å². The molecular formula is C15H23N3O5. The van der Waals surface area contributed by atoms with Gasteiger partial charge in [-0.15, -0.1) is 0 Å². The molecular weight excluding hydrogens is 302 g/mol. The fraction of sp³-hybridized carbons (Fsp3) is 0.667. The standard InChI is InChI=1S/C15H23N3O5/c1-9(2)6-14(20)22-8-11-10(19)7-13(23-11)18-5-4-12(16-3)17-15(18)21/h4-5,9-11,13,19H,6-8H2,1-3H3,(H,16,17,21). The van der Waals surface area contributed by atoms with Gasteiger partial charge in [-0.3, -0.25) is 9.36 Å². The summed E-state index contributed by atoms with van der Waals surface area (Å²) in [6, 6.07) is 1.65. The first kappa shape index (κ1) is 17.4. The van der Waals surface area contributed by atoms with Crippen molar-refractivity contribution in [2.75, 3.05) is 19.0 Å². The van der Waals surface area contributed by atoms with E-state index in [1.54, 1.807) is 19.3 Å². The summed E-state index contributed by atoms with van der Waals surface area (Å²) in [4.78, 5) is 27.4. The van der Waals surface area contributed by atoms with Crippen LogP contribution in [0.15, 0.2) is 17.1 Å². The second kappa shape index (κ2) is 7.56. The molecule has 1 aromatic rings. The van der Waals surface area contributed by atoms with E-state index in [9.17, 15) is 14.7 Å². The number of aliphatic hydroxyl groups is 1. The van der Waals surface area contributed by atoms with Crippen molar-refractivity contribution >= 4 is 11.8 Å². The number of rotatable bonds is 6. The zero-order chi connectivity index (χ0) is 17.0. The Morgan fingerprint density at radius 2 is 2.35 bits per heavy atom. The third-order valence-corrected chi connectivity index (χ3v) is 3.58. The number of esters is 1. The Labute approximate surface area is 134 Å². The third kappa shape index (κ3) is 4.52. The van der Waals surface area contributed by atoms with Gasteiger partial charge in [0.05, 0.1) is 6.10 Å². The summed E-state index contributed by atoms with van der Waals surface area (Å²) in [5.74, 6) is 0.348. The topological polar surface area (TPSA) is 103 Å². The molecule has 3 unspecified atom stereocenters. The van der Waals surface area contributed by atoms with Gasteiger partial charge in [0.25, 0.3) is 0 Å². The molecule has 23 heavy (non-hydrogen) atoms. The summed E-state index contributed by atoms with van der Waals surface area (Å²) in [6.07, 6.45) is 0.0547. The Morgan fingerprint density at radius 3 is 2.96 bits per heavy atom. The van der Waals surface area contributed by atoms with E-state index in [1.807, 2.05) is 13.8 Å². The average molecular weight is 325 g/mol. The van der Waals surface area contributed by atoms with Gasteiger partial charge in [0, 0.05) is 26.1 Å². The molecule has 0 aromatic carbocycles. The highest BCUT2D eigenvalue weighted by atomic mass is 16.6. The third-order valence-electron chi connectivity index (χ3n) is 3.58. The van der Waals surface area contributed by atoms with Crippen LogP contribution in [0, 0.1) is 5.92 Å².